The number of rotatable bonds is 3. The summed E-state index contributed by atoms with van der Waals surface area (Å²) in [6, 6.07) is 0.626. The summed E-state index contributed by atoms with van der Waals surface area (Å²) in [4.78, 5) is 16.5. The van der Waals surface area contributed by atoms with Crippen LogP contribution >= 0.6 is 0 Å². The van der Waals surface area contributed by atoms with E-state index in [0.29, 0.717) is 6.04 Å². The number of aromatic nitrogens is 2. The molecule has 110 valence electrons. The molecule has 5 heteroatoms. The van der Waals surface area contributed by atoms with Crippen molar-refractivity contribution < 1.29 is 0 Å². The summed E-state index contributed by atoms with van der Waals surface area (Å²) >= 11 is 0. The maximum Gasteiger partial charge on any atom is 0.225 e. The minimum Gasteiger partial charge on any atom is -0.338 e. The lowest BCUT2D eigenvalue weighted by atomic mass is 10.1. The smallest absolute Gasteiger partial charge is 0.225 e. The molecular formula is C15H25N5. The molecule has 5 nitrogen and oxygen atoms in total. The van der Waals surface area contributed by atoms with Gasteiger partial charge in [0.1, 0.15) is 0 Å². The van der Waals surface area contributed by atoms with Crippen molar-refractivity contribution in [2.75, 3.05) is 51.2 Å². The zero-order chi connectivity index (χ0) is 13.9. The van der Waals surface area contributed by atoms with Crippen LogP contribution in [0.3, 0.4) is 0 Å². The Balaban J connectivity index is 1.65. The monoisotopic (exact) mass is 275 g/mol. The molecule has 0 saturated carbocycles. The van der Waals surface area contributed by atoms with Crippen molar-refractivity contribution in [2.45, 2.75) is 25.8 Å². The summed E-state index contributed by atoms with van der Waals surface area (Å²) in [7, 11) is 2.21. The molecule has 1 atom stereocenters. The van der Waals surface area contributed by atoms with Crippen molar-refractivity contribution in [3.8, 4) is 0 Å². The molecule has 20 heavy (non-hydrogen) atoms. The van der Waals surface area contributed by atoms with Crippen molar-refractivity contribution in [1.82, 2.24) is 19.8 Å². The summed E-state index contributed by atoms with van der Waals surface area (Å²) in [6.07, 6.45) is 6.20. The predicted octanol–water partition coefficient (Wildman–Crippen LogP) is 0.865. The molecule has 0 bridgehead atoms. The Morgan fingerprint density at radius 1 is 1.10 bits per heavy atom. The summed E-state index contributed by atoms with van der Waals surface area (Å²) in [5, 5.41) is 0. The largest absolute Gasteiger partial charge is 0.338 e. The first-order valence-corrected chi connectivity index (χ1v) is 7.74. The topological polar surface area (TPSA) is 35.5 Å². The van der Waals surface area contributed by atoms with Gasteiger partial charge in [-0.05, 0) is 19.0 Å². The van der Waals surface area contributed by atoms with Crippen LogP contribution in [0.4, 0.5) is 5.95 Å². The summed E-state index contributed by atoms with van der Waals surface area (Å²) in [5.41, 5.74) is 1.24. The van der Waals surface area contributed by atoms with E-state index in [4.69, 9.17) is 0 Å². The molecule has 0 aromatic carbocycles. The van der Waals surface area contributed by atoms with Gasteiger partial charge in [0.05, 0.1) is 0 Å². The average molecular weight is 275 g/mol. The molecule has 0 aliphatic carbocycles. The Morgan fingerprint density at radius 2 is 1.85 bits per heavy atom. The van der Waals surface area contributed by atoms with E-state index < -0.39 is 0 Å². The van der Waals surface area contributed by atoms with Crippen molar-refractivity contribution in [3.63, 3.8) is 0 Å². The number of hydrogen-bond donors (Lipinski definition) is 0. The Bertz CT molecular complexity index is 432. The maximum atomic E-state index is 4.56. The standard InChI is InChI=1S/C15H25N5/c1-3-4-13-9-16-15(17-10-13)20-8-7-19-6-5-18(2)11-14(19)12-20/h9-10,14H,3-8,11-12H2,1-2H3. The van der Waals surface area contributed by atoms with Crippen molar-refractivity contribution in [2.24, 2.45) is 0 Å². The van der Waals surface area contributed by atoms with E-state index in [2.05, 4.69) is 38.6 Å². The zero-order valence-corrected chi connectivity index (χ0v) is 12.6. The van der Waals surface area contributed by atoms with Gasteiger partial charge in [-0.1, -0.05) is 13.3 Å². The quantitative estimate of drug-likeness (QED) is 0.818. The number of hydrogen-bond acceptors (Lipinski definition) is 5. The molecule has 1 aromatic rings. The third kappa shape index (κ3) is 2.94. The van der Waals surface area contributed by atoms with Gasteiger partial charge in [0, 0.05) is 57.7 Å². The second-order valence-electron chi connectivity index (χ2n) is 6.04. The second-order valence-corrected chi connectivity index (χ2v) is 6.04. The highest BCUT2D eigenvalue weighted by atomic mass is 15.4. The molecular weight excluding hydrogens is 250 g/mol. The molecule has 2 fully saturated rings. The summed E-state index contributed by atoms with van der Waals surface area (Å²) < 4.78 is 0. The van der Waals surface area contributed by atoms with Gasteiger partial charge in [0.15, 0.2) is 0 Å². The molecule has 2 aliphatic rings. The number of fused-ring (bicyclic) bond motifs is 1. The maximum absolute atomic E-state index is 4.56. The lowest BCUT2D eigenvalue weighted by Crippen LogP contribution is -2.61. The van der Waals surface area contributed by atoms with Crippen molar-refractivity contribution in [1.29, 1.82) is 0 Å². The number of likely N-dealkylation sites (N-methyl/N-ethyl adjacent to an activating group) is 1. The van der Waals surface area contributed by atoms with Crippen LogP contribution in [-0.4, -0.2) is 72.1 Å². The first-order valence-electron chi connectivity index (χ1n) is 7.74. The number of piperazine rings is 2. The number of anilines is 1. The summed E-state index contributed by atoms with van der Waals surface area (Å²) in [5.74, 6) is 0.901. The van der Waals surface area contributed by atoms with Gasteiger partial charge in [-0.15, -0.1) is 0 Å². The fraction of sp³-hybridized carbons (Fsp3) is 0.733. The third-order valence-electron chi connectivity index (χ3n) is 4.41. The Labute approximate surface area is 121 Å². The van der Waals surface area contributed by atoms with Gasteiger partial charge in [-0.2, -0.15) is 0 Å². The van der Waals surface area contributed by atoms with E-state index in [-0.39, 0.29) is 0 Å². The van der Waals surface area contributed by atoms with Gasteiger partial charge in [-0.3, -0.25) is 4.90 Å². The lowest BCUT2D eigenvalue weighted by molar-refractivity contribution is 0.0802. The molecule has 0 N–H and O–H groups in total. The van der Waals surface area contributed by atoms with E-state index >= 15 is 0 Å². The Hall–Kier alpha value is -1.20. The van der Waals surface area contributed by atoms with Crippen molar-refractivity contribution in [3.05, 3.63) is 18.0 Å². The van der Waals surface area contributed by atoms with Gasteiger partial charge in [-0.25, -0.2) is 9.97 Å². The van der Waals surface area contributed by atoms with Crippen LogP contribution in [0.5, 0.6) is 0 Å². The first kappa shape index (κ1) is 13.8. The highest BCUT2D eigenvalue weighted by Crippen LogP contribution is 2.18. The van der Waals surface area contributed by atoms with Gasteiger partial charge in [0.2, 0.25) is 5.95 Å². The number of aryl methyl sites for hydroxylation is 1. The SMILES string of the molecule is CCCc1cnc(N2CCN3CCN(C)CC3C2)nc1. The Kier molecular flexibility index (Phi) is 4.17. The molecule has 2 saturated heterocycles. The zero-order valence-electron chi connectivity index (χ0n) is 12.6. The van der Waals surface area contributed by atoms with Crippen LogP contribution in [0.25, 0.3) is 0 Å². The molecule has 1 aromatic heterocycles. The lowest BCUT2D eigenvalue weighted by Gasteiger charge is -2.46. The van der Waals surface area contributed by atoms with E-state index in [1.54, 1.807) is 0 Å². The normalized spacial score (nSPS) is 24.7. The second kappa shape index (κ2) is 6.06. The molecule has 0 radical (unpaired) electrons. The molecule has 2 aliphatic heterocycles. The number of nitrogens with zero attached hydrogens (tertiary/aromatic N) is 5. The van der Waals surface area contributed by atoms with E-state index in [1.807, 2.05) is 12.4 Å². The van der Waals surface area contributed by atoms with E-state index in [0.717, 1.165) is 45.0 Å². The minimum absolute atomic E-state index is 0.626. The third-order valence-corrected chi connectivity index (χ3v) is 4.41. The van der Waals surface area contributed by atoms with Gasteiger partial charge in [0.25, 0.3) is 0 Å². The molecule has 0 spiro atoms. The van der Waals surface area contributed by atoms with Crippen LogP contribution in [0.1, 0.15) is 18.9 Å². The fourth-order valence-corrected chi connectivity index (χ4v) is 3.22. The van der Waals surface area contributed by atoms with Crippen LogP contribution in [0.15, 0.2) is 12.4 Å². The molecule has 3 heterocycles. The van der Waals surface area contributed by atoms with E-state index in [9.17, 15) is 0 Å². The molecule has 0 amide bonds. The van der Waals surface area contributed by atoms with Crippen LogP contribution in [0, 0.1) is 0 Å². The summed E-state index contributed by atoms with van der Waals surface area (Å²) in [6.45, 7) is 8.98. The highest BCUT2D eigenvalue weighted by Gasteiger charge is 2.31. The van der Waals surface area contributed by atoms with Gasteiger partial charge >= 0.3 is 0 Å². The van der Waals surface area contributed by atoms with Crippen LogP contribution < -0.4 is 4.90 Å². The minimum atomic E-state index is 0.626. The van der Waals surface area contributed by atoms with Crippen molar-refractivity contribution >= 4 is 5.95 Å². The highest BCUT2D eigenvalue weighted by molar-refractivity contribution is 5.31. The predicted molar refractivity (Wildman–Crippen MR) is 81.1 cm³/mol. The Morgan fingerprint density at radius 3 is 2.60 bits per heavy atom. The van der Waals surface area contributed by atoms with Gasteiger partial charge < -0.3 is 9.80 Å². The molecule has 1 unspecified atom stereocenters. The fourth-order valence-electron chi connectivity index (χ4n) is 3.22. The first-order chi connectivity index (χ1) is 9.76. The van der Waals surface area contributed by atoms with E-state index in [1.165, 1.54) is 18.7 Å². The van der Waals surface area contributed by atoms with Crippen LogP contribution in [-0.2, 0) is 6.42 Å². The molecule has 3 rings (SSSR count). The average Bonchev–Trinajstić information content (AvgIpc) is 2.47. The van der Waals surface area contributed by atoms with Crippen LogP contribution in [0.2, 0.25) is 0 Å².